The van der Waals surface area contributed by atoms with Crippen molar-refractivity contribution in [1.29, 1.82) is 0 Å². The third-order valence-electron chi connectivity index (χ3n) is 4.27. The zero-order chi connectivity index (χ0) is 18.0. The van der Waals surface area contributed by atoms with E-state index in [0.717, 1.165) is 27.0 Å². The number of aliphatic hydroxyl groups is 2. The monoisotopic (exact) mass is 342 g/mol. The lowest BCUT2D eigenvalue weighted by atomic mass is 9.82. The topological polar surface area (TPSA) is 89.0 Å². The summed E-state index contributed by atoms with van der Waals surface area (Å²) >= 11 is 0. The molecule has 0 radical (unpaired) electrons. The molecule has 4 N–H and O–H groups in total. The maximum absolute atomic E-state index is 10.1. The number of benzene rings is 2. The number of aromatic amines is 1. The Bertz CT molecular complexity index is 841. The Morgan fingerprint density at radius 1 is 1.04 bits per heavy atom. The van der Waals surface area contributed by atoms with Gasteiger partial charge >= 0.3 is 7.12 Å². The summed E-state index contributed by atoms with van der Waals surface area (Å²) in [5, 5.41) is 32.5. The highest BCUT2D eigenvalue weighted by atomic mass is 16.7. The molecule has 0 aliphatic carbocycles. The van der Waals surface area contributed by atoms with Crippen LogP contribution < -0.4 is 0 Å². The number of fused-ring (bicyclic) bond motifs is 3. The van der Waals surface area contributed by atoms with Crippen LogP contribution in [0.15, 0.2) is 42.5 Å². The normalized spacial score (nSPS) is 14.3. The standard InChI is InChI=1S/C18H23BN2O4/c1-12(22)21(13(2)23)25-19(24)11-10-14-6-5-8-16-15-7-3-4-9-17(15)20-18(14)16/h3-9,12-13,20,22-24H,10-11H2,1-2H3/t12-,13-/m0/s1. The SMILES string of the molecule is C[C@H](O)N(OB(O)CCc1cccc2c1[nH]c1ccccc12)[C@H](C)O. The van der Waals surface area contributed by atoms with Gasteiger partial charge in [-0.1, -0.05) is 36.4 Å². The van der Waals surface area contributed by atoms with Gasteiger partial charge in [0, 0.05) is 21.8 Å². The van der Waals surface area contributed by atoms with Crippen LogP contribution in [0, 0.1) is 0 Å². The van der Waals surface area contributed by atoms with E-state index in [2.05, 4.69) is 17.1 Å². The van der Waals surface area contributed by atoms with E-state index in [1.54, 1.807) is 0 Å². The number of rotatable bonds is 7. The van der Waals surface area contributed by atoms with Crippen LogP contribution in [0.5, 0.6) is 0 Å². The second kappa shape index (κ2) is 7.55. The highest BCUT2D eigenvalue weighted by Crippen LogP contribution is 2.28. The molecule has 1 aromatic heterocycles. The first-order valence-corrected chi connectivity index (χ1v) is 8.45. The van der Waals surface area contributed by atoms with Crippen molar-refractivity contribution >= 4 is 28.9 Å². The van der Waals surface area contributed by atoms with E-state index in [1.807, 2.05) is 30.3 Å². The van der Waals surface area contributed by atoms with Gasteiger partial charge in [0.2, 0.25) is 0 Å². The van der Waals surface area contributed by atoms with Crippen molar-refractivity contribution in [2.24, 2.45) is 0 Å². The minimum absolute atomic E-state index is 0.338. The van der Waals surface area contributed by atoms with Crippen LogP contribution in [-0.2, 0) is 11.2 Å². The van der Waals surface area contributed by atoms with Gasteiger partial charge in [-0.3, -0.25) is 0 Å². The molecule has 0 spiro atoms. The minimum atomic E-state index is -1.12. The summed E-state index contributed by atoms with van der Waals surface area (Å²) in [6.07, 6.45) is -1.11. The molecule has 0 unspecified atom stereocenters. The van der Waals surface area contributed by atoms with Crippen LogP contribution in [0.25, 0.3) is 21.8 Å². The number of hydrogen-bond acceptors (Lipinski definition) is 5. The molecule has 0 amide bonds. The van der Waals surface area contributed by atoms with Gasteiger partial charge in [-0.05, 0) is 38.2 Å². The molecular weight excluding hydrogens is 319 g/mol. The van der Waals surface area contributed by atoms with Gasteiger partial charge in [0.05, 0.1) is 0 Å². The molecule has 6 nitrogen and oxygen atoms in total. The number of nitrogens with zero attached hydrogens (tertiary/aromatic N) is 1. The molecule has 0 bridgehead atoms. The first kappa shape index (κ1) is 17.9. The van der Waals surface area contributed by atoms with Crippen LogP contribution in [0.2, 0.25) is 6.32 Å². The summed E-state index contributed by atoms with van der Waals surface area (Å²) in [4.78, 5) is 3.43. The van der Waals surface area contributed by atoms with Gasteiger partial charge in [-0.25, -0.2) is 0 Å². The van der Waals surface area contributed by atoms with Crippen molar-refractivity contribution in [1.82, 2.24) is 10.0 Å². The average molecular weight is 342 g/mol. The summed E-state index contributed by atoms with van der Waals surface area (Å²) in [6, 6.07) is 14.2. The number of aryl methyl sites for hydroxylation is 1. The quantitative estimate of drug-likeness (QED) is 0.300. The van der Waals surface area contributed by atoms with Gasteiger partial charge in [-0.2, -0.15) is 0 Å². The summed E-state index contributed by atoms with van der Waals surface area (Å²) < 4.78 is 5.24. The van der Waals surface area contributed by atoms with Gasteiger partial charge < -0.3 is 25.0 Å². The van der Waals surface area contributed by atoms with E-state index in [9.17, 15) is 15.2 Å². The molecule has 132 valence electrons. The molecule has 0 saturated heterocycles. The van der Waals surface area contributed by atoms with Crippen molar-refractivity contribution in [3.05, 3.63) is 48.0 Å². The molecule has 25 heavy (non-hydrogen) atoms. The van der Waals surface area contributed by atoms with Crippen LogP contribution >= 0.6 is 0 Å². The van der Waals surface area contributed by atoms with Crippen molar-refractivity contribution in [3.63, 3.8) is 0 Å². The number of hydroxylamine groups is 2. The smallest absolute Gasteiger partial charge is 0.426 e. The number of aromatic nitrogens is 1. The van der Waals surface area contributed by atoms with Gasteiger partial charge in [0.15, 0.2) is 0 Å². The van der Waals surface area contributed by atoms with Crippen molar-refractivity contribution < 1.29 is 20.0 Å². The Morgan fingerprint density at radius 2 is 1.72 bits per heavy atom. The highest BCUT2D eigenvalue weighted by molar-refractivity contribution is 6.42. The number of H-pyrrole nitrogens is 1. The molecule has 0 fully saturated rings. The third-order valence-corrected chi connectivity index (χ3v) is 4.27. The van der Waals surface area contributed by atoms with Crippen LogP contribution in [0.1, 0.15) is 19.4 Å². The predicted molar refractivity (Wildman–Crippen MR) is 98.6 cm³/mol. The van der Waals surface area contributed by atoms with E-state index in [0.29, 0.717) is 12.7 Å². The van der Waals surface area contributed by atoms with E-state index in [1.165, 1.54) is 19.2 Å². The summed E-state index contributed by atoms with van der Waals surface area (Å²) in [7, 11) is -1.12. The van der Waals surface area contributed by atoms with Gasteiger partial charge in [-0.15, -0.1) is 5.06 Å². The molecule has 0 aliphatic rings. The van der Waals surface area contributed by atoms with Gasteiger partial charge in [0.25, 0.3) is 0 Å². The maximum Gasteiger partial charge on any atom is 0.472 e. The van der Waals surface area contributed by atoms with E-state index in [4.69, 9.17) is 4.76 Å². The van der Waals surface area contributed by atoms with Crippen LogP contribution in [0.3, 0.4) is 0 Å². The molecule has 1 heterocycles. The minimum Gasteiger partial charge on any atom is -0.426 e. The Labute approximate surface area is 146 Å². The lowest BCUT2D eigenvalue weighted by molar-refractivity contribution is -0.246. The summed E-state index contributed by atoms with van der Waals surface area (Å²) in [5.41, 5.74) is 3.21. The molecule has 0 saturated carbocycles. The van der Waals surface area contributed by atoms with Crippen molar-refractivity contribution in [2.75, 3.05) is 0 Å². The second-order valence-electron chi connectivity index (χ2n) is 6.23. The number of para-hydroxylation sites is 2. The van der Waals surface area contributed by atoms with E-state index >= 15 is 0 Å². The largest absolute Gasteiger partial charge is 0.472 e. The van der Waals surface area contributed by atoms with Gasteiger partial charge in [0.1, 0.15) is 12.5 Å². The average Bonchev–Trinajstić information content (AvgIpc) is 2.96. The first-order valence-electron chi connectivity index (χ1n) is 8.45. The fourth-order valence-electron chi connectivity index (χ4n) is 3.10. The lowest BCUT2D eigenvalue weighted by Gasteiger charge is -2.28. The van der Waals surface area contributed by atoms with Crippen molar-refractivity contribution in [2.45, 2.75) is 39.0 Å². The Morgan fingerprint density at radius 3 is 2.44 bits per heavy atom. The molecule has 3 aromatic rings. The number of aliphatic hydroxyl groups excluding tert-OH is 2. The fourth-order valence-corrected chi connectivity index (χ4v) is 3.10. The predicted octanol–water partition coefficient (Wildman–Crippen LogP) is 2.25. The Kier molecular flexibility index (Phi) is 5.41. The molecular formula is C18H23BN2O4. The third kappa shape index (κ3) is 3.86. The molecule has 0 aliphatic heterocycles. The Hall–Kier alpha value is -1.90. The second-order valence-corrected chi connectivity index (χ2v) is 6.23. The lowest BCUT2D eigenvalue weighted by Crippen LogP contribution is -2.44. The van der Waals surface area contributed by atoms with Crippen LogP contribution in [0.4, 0.5) is 0 Å². The first-order chi connectivity index (χ1) is 12.0. The number of hydrogen-bond donors (Lipinski definition) is 4. The van der Waals surface area contributed by atoms with Crippen molar-refractivity contribution in [3.8, 4) is 0 Å². The highest BCUT2D eigenvalue weighted by Gasteiger charge is 2.24. The molecule has 2 atom stereocenters. The molecule has 3 rings (SSSR count). The zero-order valence-electron chi connectivity index (χ0n) is 14.4. The zero-order valence-corrected chi connectivity index (χ0v) is 14.4. The van der Waals surface area contributed by atoms with E-state index < -0.39 is 19.6 Å². The summed E-state index contributed by atoms with van der Waals surface area (Å²) in [6.45, 7) is 2.93. The summed E-state index contributed by atoms with van der Waals surface area (Å²) in [5.74, 6) is 0. The molecule has 2 aromatic carbocycles. The van der Waals surface area contributed by atoms with E-state index in [-0.39, 0.29) is 0 Å². The molecule has 7 heteroatoms. The maximum atomic E-state index is 10.1. The Balaban J connectivity index is 1.75. The van der Waals surface area contributed by atoms with Crippen LogP contribution in [-0.4, -0.2) is 44.9 Å². The fraction of sp³-hybridized carbons (Fsp3) is 0.333. The number of nitrogens with one attached hydrogen (secondary N) is 1.